The predicted octanol–water partition coefficient (Wildman–Crippen LogP) is 1.59. The summed E-state index contributed by atoms with van der Waals surface area (Å²) in [5, 5.41) is 10.2. The highest BCUT2D eigenvalue weighted by Gasteiger charge is 2.55. The molecule has 3 heterocycles. The lowest BCUT2D eigenvalue weighted by molar-refractivity contribution is -0.159. The lowest BCUT2D eigenvalue weighted by Gasteiger charge is -2.33. The van der Waals surface area contributed by atoms with Crippen molar-refractivity contribution in [2.45, 2.75) is 32.1 Å². The van der Waals surface area contributed by atoms with E-state index in [1.54, 1.807) is 4.90 Å². The fourth-order valence-corrected chi connectivity index (χ4v) is 5.14. The highest BCUT2D eigenvalue weighted by atomic mass is 32.1. The fraction of sp³-hybridized carbons (Fsp3) is 0.688. The van der Waals surface area contributed by atoms with Crippen LogP contribution in [0.3, 0.4) is 0 Å². The molecule has 2 saturated heterocycles. The number of aliphatic carboxylic acids is 1. The third kappa shape index (κ3) is 2.37. The van der Waals surface area contributed by atoms with Crippen LogP contribution in [-0.4, -0.2) is 53.2 Å². The van der Waals surface area contributed by atoms with Crippen LogP contribution in [0.15, 0.2) is 0 Å². The summed E-state index contributed by atoms with van der Waals surface area (Å²) < 4.78 is 5.42. The van der Waals surface area contributed by atoms with E-state index in [1.807, 2.05) is 0 Å². The average molecular weight is 336 g/mol. The van der Waals surface area contributed by atoms with E-state index in [2.05, 4.69) is 4.98 Å². The zero-order chi connectivity index (χ0) is 16.0. The summed E-state index contributed by atoms with van der Waals surface area (Å²) in [5.74, 6) is -0.984. The Balaban J connectivity index is 1.58. The molecule has 0 aromatic carbocycles. The summed E-state index contributed by atoms with van der Waals surface area (Å²) in [6.07, 6.45) is 4.96. The lowest BCUT2D eigenvalue weighted by Crippen LogP contribution is -2.46. The zero-order valence-corrected chi connectivity index (χ0v) is 13.7. The summed E-state index contributed by atoms with van der Waals surface area (Å²) in [5.41, 5.74) is 0.127. The van der Waals surface area contributed by atoms with Crippen molar-refractivity contribution in [2.24, 2.45) is 11.3 Å². The lowest BCUT2D eigenvalue weighted by atomic mass is 9.76. The molecule has 0 bridgehead atoms. The summed E-state index contributed by atoms with van der Waals surface area (Å²) in [6, 6.07) is 0. The monoisotopic (exact) mass is 336 g/mol. The van der Waals surface area contributed by atoms with Crippen molar-refractivity contribution in [1.29, 1.82) is 0 Å². The fourth-order valence-electron chi connectivity index (χ4n) is 4.02. The highest BCUT2D eigenvalue weighted by molar-refractivity contribution is 7.13. The van der Waals surface area contributed by atoms with Crippen molar-refractivity contribution in [2.75, 3.05) is 26.3 Å². The summed E-state index contributed by atoms with van der Waals surface area (Å²) in [4.78, 5) is 32.0. The van der Waals surface area contributed by atoms with Crippen molar-refractivity contribution in [3.05, 3.63) is 15.6 Å². The van der Waals surface area contributed by atoms with Gasteiger partial charge in [0.25, 0.3) is 5.91 Å². The number of aryl methyl sites for hydroxylation is 2. The first-order valence-corrected chi connectivity index (χ1v) is 9.01. The van der Waals surface area contributed by atoms with Gasteiger partial charge in [0.15, 0.2) is 5.01 Å². The highest BCUT2D eigenvalue weighted by Crippen LogP contribution is 2.42. The van der Waals surface area contributed by atoms with Crippen molar-refractivity contribution in [3.8, 4) is 0 Å². The maximum atomic E-state index is 12.8. The van der Waals surface area contributed by atoms with Crippen molar-refractivity contribution in [1.82, 2.24) is 9.88 Å². The minimum absolute atomic E-state index is 0.0210. The molecule has 1 N–H and O–H groups in total. The molecule has 1 aromatic rings. The molecule has 1 aromatic heterocycles. The minimum Gasteiger partial charge on any atom is -0.481 e. The number of carbonyl (C=O) groups is 2. The Hall–Kier alpha value is -1.47. The van der Waals surface area contributed by atoms with E-state index in [4.69, 9.17) is 4.74 Å². The van der Waals surface area contributed by atoms with E-state index >= 15 is 0 Å². The molecule has 124 valence electrons. The van der Waals surface area contributed by atoms with E-state index in [0.717, 1.165) is 31.4 Å². The van der Waals surface area contributed by atoms with Crippen LogP contribution >= 0.6 is 11.3 Å². The predicted molar refractivity (Wildman–Crippen MR) is 83.7 cm³/mol. The van der Waals surface area contributed by atoms with Crippen LogP contribution in [0.25, 0.3) is 0 Å². The van der Waals surface area contributed by atoms with E-state index < -0.39 is 11.4 Å². The number of likely N-dealkylation sites (tertiary alicyclic amines) is 1. The van der Waals surface area contributed by atoms with Gasteiger partial charge in [0, 0.05) is 24.6 Å². The molecule has 0 spiro atoms. The molecule has 4 rings (SSSR count). The Morgan fingerprint density at radius 2 is 2.17 bits per heavy atom. The summed E-state index contributed by atoms with van der Waals surface area (Å²) in [7, 11) is 0. The van der Waals surface area contributed by atoms with Crippen molar-refractivity contribution >= 4 is 23.2 Å². The van der Waals surface area contributed by atoms with Crippen molar-refractivity contribution in [3.63, 3.8) is 0 Å². The van der Waals surface area contributed by atoms with Gasteiger partial charge in [-0.15, -0.1) is 11.3 Å². The molecule has 2 aliphatic heterocycles. The number of amides is 1. The van der Waals surface area contributed by atoms with E-state index in [9.17, 15) is 14.7 Å². The Morgan fingerprint density at radius 1 is 1.35 bits per heavy atom. The SMILES string of the molecule is O=C(c1nc2c(s1)CCCC2)N1C[C@@H]2CCOC[C@]2(C(=O)O)C1. The van der Waals surface area contributed by atoms with Gasteiger partial charge < -0.3 is 14.7 Å². The van der Waals surface area contributed by atoms with E-state index in [0.29, 0.717) is 24.6 Å². The van der Waals surface area contributed by atoms with Crippen LogP contribution < -0.4 is 0 Å². The van der Waals surface area contributed by atoms with Gasteiger partial charge in [-0.25, -0.2) is 4.98 Å². The molecule has 0 saturated carbocycles. The number of hydrogen-bond acceptors (Lipinski definition) is 5. The molecular formula is C16H20N2O4S. The second-order valence-electron chi connectivity index (χ2n) is 6.78. The molecule has 0 unspecified atom stereocenters. The number of carboxylic acid groups (broad SMARTS) is 1. The largest absolute Gasteiger partial charge is 0.481 e. The van der Waals surface area contributed by atoms with Gasteiger partial charge in [-0.1, -0.05) is 0 Å². The zero-order valence-electron chi connectivity index (χ0n) is 12.9. The van der Waals surface area contributed by atoms with E-state index in [-0.39, 0.29) is 25.0 Å². The standard InChI is InChI=1S/C16H20N2O4S/c19-14(13-17-11-3-1-2-4-12(11)23-13)18-7-10-5-6-22-9-16(10,8-18)15(20)21/h10H,1-9H2,(H,20,21)/t10-,16+/m0/s1. The van der Waals surface area contributed by atoms with Crippen LogP contribution in [0.4, 0.5) is 0 Å². The van der Waals surface area contributed by atoms with Crippen LogP contribution in [-0.2, 0) is 22.4 Å². The Labute approximate surface area is 138 Å². The van der Waals surface area contributed by atoms with Gasteiger partial charge in [0.2, 0.25) is 0 Å². The maximum absolute atomic E-state index is 12.8. The number of nitrogens with zero attached hydrogens (tertiary/aromatic N) is 2. The molecule has 2 fully saturated rings. The quantitative estimate of drug-likeness (QED) is 0.887. The first kappa shape index (κ1) is 15.1. The Morgan fingerprint density at radius 3 is 2.91 bits per heavy atom. The number of carboxylic acids is 1. The molecule has 0 radical (unpaired) electrons. The number of fused-ring (bicyclic) bond motifs is 2. The van der Waals surface area contributed by atoms with E-state index in [1.165, 1.54) is 16.2 Å². The second kappa shape index (κ2) is 5.56. The molecule has 3 aliphatic rings. The van der Waals surface area contributed by atoms with Gasteiger partial charge in [-0.3, -0.25) is 9.59 Å². The van der Waals surface area contributed by atoms with Crippen LogP contribution in [0.5, 0.6) is 0 Å². The minimum atomic E-state index is -0.940. The molecule has 1 amide bonds. The number of carbonyl (C=O) groups excluding carboxylic acids is 1. The van der Waals surface area contributed by atoms with Gasteiger partial charge in [0.05, 0.1) is 12.3 Å². The molecule has 1 aliphatic carbocycles. The number of hydrogen-bond donors (Lipinski definition) is 1. The second-order valence-corrected chi connectivity index (χ2v) is 7.86. The van der Waals surface area contributed by atoms with Crippen LogP contribution in [0.2, 0.25) is 0 Å². The van der Waals surface area contributed by atoms with Gasteiger partial charge in [-0.05, 0) is 38.0 Å². The average Bonchev–Trinajstić information content (AvgIpc) is 3.16. The Bertz CT molecular complexity index is 635. The third-order valence-corrected chi connectivity index (χ3v) is 6.55. The summed E-state index contributed by atoms with van der Waals surface area (Å²) in [6.45, 7) is 1.51. The summed E-state index contributed by atoms with van der Waals surface area (Å²) >= 11 is 1.49. The molecule has 23 heavy (non-hydrogen) atoms. The van der Waals surface area contributed by atoms with Crippen molar-refractivity contribution < 1.29 is 19.4 Å². The van der Waals surface area contributed by atoms with Crippen LogP contribution in [0, 0.1) is 11.3 Å². The normalized spacial score (nSPS) is 29.9. The van der Waals surface area contributed by atoms with Gasteiger partial charge >= 0.3 is 5.97 Å². The van der Waals surface area contributed by atoms with Gasteiger partial charge in [-0.2, -0.15) is 0 Å². The third-order valence-electron chi connectivity index (χ3n) is 5.41. The maximum Gasteiger partial charge on any atom is 0.314 e. The number of aromatic nitrogens is 1. The molecule has 7 heteroatoms. The number of ether oxygens (including phenoxy) is 1. The topological polar surface area (TPSA) is 79.7 Å². The smallest absolute Gasteiger partial charge is 0.314 e. The molecule has 2 atom stereocenters. The molecule has 6 nitrogen and oxygen atoms in total. The first-order valence-electron chi connectivity index (χ1n) is 8.19. The van der Waals surface area contributed by atoms with Crippen LogP contribution in [0.1, 0.15) is 39.6 Å². The first-order chi connectivity index (χ1) is 11.1. The number of thiazole rings is 1. The Kier molecular flexibility index (Phi) is 3.65. The number of rotatable bonds is 2. The molecular weight excluding hydrogens is 316 g/mol. The van der Waals surface area contributed by atoms with Gasteiger partial charge in [0.1, 0.15) is 5.41 Å².